The molecule has 1 saturated heterocycles. The molecule has 1 saturated carbocycles. The molecule has 2 amide bonds. The van der Waals surface area contributed by atoms with E-state index >= 15 is 0 Å². The van der Waals surface area contributed by atoms with E-state index in [-0.39, 0.29) is 35.3 Å². The van der Waals surface area contributed by atoms with Crippen LogP contribution >= 0.6 is 0 Å². The van der Waals surface area contributed by atoms with Crippen molar-refractivity contribution in [2.45, 2.75) is 70.9 Å². The zero-order valence-electron chi connectivity index (χ0n) is 19.5. The Morgan fingerprint density at radius 1 is 1.09 bits per heavy atom. The number of aromatic amines is 1. The average molecular weight is 449 g/mol. The summed E-state index contributed by atoms with van der Waals surface area (Å²) in [6.45, 7) is 5.61. The molecule has 0 bridgehead atoms. The van der Waals surface area contributed by atoms with Crippen molar-refractivity contribution >= 4 is 11.8 Å². The summed E-state index contributed by atoms with van der Waals surface area (Å²) in [5.74, 6) is 0.703. The van der Waals surface area contributed by atoms with Crippen molar-refractivity contribution in [3.8, 4) is 0 Å². The van der Waals surface area contributed by atoms with Crippen molar-refractivity contribution in [1.82, 2.24) is 19.8 Å². The van der Waals surface area contributed by atoms with Crippen molar-refractivity contribution in [3.05, 3.63) is 62.8 Å². The molecular weight excluding hydrogens is 416 g/mol. The molecule has 2 aliphatic heterocycles. The van der Waals surface area contributed by atoms with Gasteiger partial charge in [-0.25, -0.2) is 4.98 Å². The van der Waals surface area contributed by atoms with Gasteiger partial charge in [-0.15, -0.1) is 0 Å². The third kappa shape index (κ3) is 4.33. The summed E-state index contributed by atoms with van der Waals surface area (Å²) in [6.07, 6.45) is 5.18. The van der Waals surface area contributed by atoms with E-state index in [1.807, 2.05) is 47.9 Å². The molecule has 1 N–H and O–H groups in total. The number of piperidine rings is 1. The topological polar surface area (TPSA) is 86.4 Å². The zero-order valence-corrected chi connectivity index (χ0v) is 19.5. The third-order valence-corrected chi connectivity index (χ3v) is 7.38. The molecule has 7 nitrogen and oxygen atoms in total. The lowest BCUT2D eigenvalue weighted by atomic mass is 9.94. The Labute approximate surface area is 194 Å². The van der Waals surface area contributed by atoms with Crippen molar-refractivity contribution in [3.63, 3.8) is 0 Å². The smallest absolute Gasteiger partial charge is 0.254 e. The van der Waals surface area contributed by atoms with Crippen molar-refractivity contribution in [1.29, 1.82) is 0 Å². The van der Waals surface area contributed by atoms with Gasteiger partial charge in [0.25, 0.3) is 5.56 Å². The van der Waals surface area contributed by atoms with E-state index in [1.165, 1.54) is 5.56 Å². The maximum absolute atomic E-state index is 13.5. The maximum Gasteiger partial charge on any atom is 0.254 e. The number of nitrogens with one attached hydrogen (secondary N) is 1. The van der Waals surface area contributed by atoms with Gasteiger partial charge < -0.3 is 14.8 Å². The Hall–Kier alpha value is -2.96. The Kier molecular flexibility index (Phi) is 5.81. The quantitative estimate of drug-likeness (QED) is 0.778. The number of aromatic nitrogens is 2. The van der Waals surface area contributed by atoms with Gasteiger partial charge in [0.2, 0.25) is 11.8 Å². The molecule has 1 aromatic carbocycles. The zero-order chi connectivity index (χ0) is 23.1. The fraction of sp³-hybridized carbons (Fsp3) is 0.538. The van der Waals surface area contributed by atoms with Gasteiger partial charge in [0, 0.05) is 24.6 Å². The van der Waals surface area contributed by atoms with Crippen LogP contribution in [-0.2, 0) is 22.6 Å². The van der Waals surface area contributed by atoms with Crippen LogP contribution in [0.3, 0.4) is 0 Å². The summed E-state index contributed by atoms with van der Waals surface area (Å²) in [5, 5.41) is 0. The van der Waals surface area contributed by atoms with Gasteiger partial charge in [-0.1, -0.05) is 29.8 Å². The van der Waals surface area contributed by atoms with Crippen molar-refractivity contribution < 1.29 is 9.59 Å². The highest BCUT2D eigenvalue weighted by Crippen LogP contribution is 2.34. The van der Waals surface area contributed by atoms with Gasteiger partial charge in [0.05, 0.1) is 24.2 Å². The summed E-state index contributed by atoms with van der Waals surface area (Å²) in [5.41, 5.74) is 3.41. The van der Waals surface area contributed by atoms with Crippen molar-refractivity contribution in [2.75, 3.05) is 13.1 Å². The fourth-order valence-electron chi connectivity index (χ4n) is 5.12. The first-order valence-corrected chi connectivity index (χ1v) is 12.2. The summed E-state index contributed by atoms with van der Waals surface area (Å²) in [6, 6.07) is 7.85. The van der Waals surface area contributed by atoms with Gasteiger partial charge in [0.1, 0.15) is 5.82 Å². The number of nitrogens with zero attached hydrogens (tertiary/aromatic N) is 3. The SMILES string of the molecule is Cc1ccc([C@H](C)C(=O)N2CCCC[C@H]2c2nc3c(c(=O)[nH]2)CCN(C(=O)C2CC2)C3)cc1. The standard InChI is InChI=1S/C26H32N4O3/c1-16-6-8-18(9-7-16)17(2)25(32)30-13-4-3-5-22(30)23-27-21-15-29(26(33)19-10-11-19)14-12-20(21)24(31)28-23/h6-9,17,19,22H,3-5,10-15H2,1-2H3,(H,27,28,31)/t17-,22-/m0/s1. The number of H-pyrrole nitrogens is 1. The van der Waals surface area contributed by atoms with E-state index in [2.05, 4.69) is 4.98 Å². The molecule has 0 spiro atoms. The Balaban J connectivity index is 1.41. The Morgan fingerprint density at radius 3 is 2.58 bits per heavy atom. The largest absolute Gasteiger partial charge is 0.336 e. The molecule has 3 heterocycles. The number of hydrogen-bond acceptors (Lipinski definition) is 4. The number of benzene rings is 1. The predicted octanol–water partition coefficient (Wildman–Crippen LogP) is 3.23. The summed E-state index contributed by atoms with van der Waals surface area (Å²) < 4.78 is 0. The second-order valence-electron chi connectivity index (χ2n) is 9.84. The fourth-order valence-corrected chi connectivity index (χ4v) is 5.12. The number of hydrogen-bond donors (Lipinski definition) is 1. The number of carbonyl (C=O) groups is 2. The van der Waals surface area contributed by atoms with E-state index < -0.39 is 0 Å². The van der Waals surface area contributed by atoms with Crippen LogP contribution in [0.4, 0.5) is 0 Å². The molecule has 3 aliphatic rings. The number of rotatable bonds is 4. The van der Waals surface area contributed by atoms with Crippen LogP contribution in [-0.4, -0.2) is 44.7 Å². The van der Waals surface area contributed by atoms with Gasteiger partial charge in [0.15, 0.2) is 0 Å². The number of aryl methyl sites for hydroxylation is 1. The first kappa shape index (κ1) is 21.9. The highest BCUT2D eigenvalue weighted by molar-refractivity contribution is 5.84. The van der Waals surface area contributed by atoms with E-state index in [1.54, 1.807) is 0 Å². The highest BCUT2D eigenvalue weighted by Gasteiger charge is 2.37. The average Bonchev–Trinajstić information content (AvgIpc) is 3.68. The molecule has 2 aromatic rings. The molecule has 0 radical (unpaired) electrons. The van der Waals surface area contributed by atoms with Gasteiger partial charge in [-0.3, -0.25) is 14.4 Å². The molecular formula is C26H32N4O3. The van der Waals surface area contributed by atoms with Gasteiger partial charge in [-0.05, 0) is 57.9 Å². The van der Waals surface area contributed by atoms with E-state index in [0.717, 1.165) is 37.7 Å². The molecule has 1 aliphatic carbocycles. The lowest BCUT2D eigenvalue weighted by Gasteiger charge is -2.37. The molecule has 5 rings (SSSR count). The predicted molar refractivity (Wildman–Crippen MR) is 125 cm³/mol. The third-order valence-electron chi connectivity index (χ3n) is 7.38. The molecule has 174 valence electrons. The molecule has 2 atom stereocenters. The summed E-state index contributed by atoms with van der Waals surface area (Å²) in [4.78, 5) is 50.6. The second-order valence-corrected chi connectivity index (χ2v) is 9.84. The lowest BCUT2D eigenvalue weighted by Crippen LogP contribution is -2.43. The monoisotopic (exact) mass is 448 g/mol. The normalized spacial score (nSPS) is 21.5. The molecule has 33 heavy (non-hydrogen) atoms. The van der Waals surface area contributed by atoms with Crippen LogP contribution < -0.4 is 5.56 Å². The first-order valence-electron chi connectivity index (χ1n) is 12.2. The lowest BCUT2D eigenvalue weighted by molar-refractivity contribution is -0.136. The minimum Gasteiger partial charge on any atom is -0.336 e. The van der Waals surface area contributed by atoms with Crippen LogP contribution in [0.5, 0.6) is 0 Å². The number of carbonyl (C=O) groups excluding carboxylic acids is 2. The molecule has 0 unspecified atom stereocenters. The minimum absolute atomic E-state index is 0.0643. The maximum atomic E-state index is 13.5. The van der Waals surface area contributed by atoms with Crippen LogP contribution in [0, 0.1) is 12.8 Å². The summed E-state index contributed by atoms with van der Waals surface area (Å²) >= 11 is 0. The minimum atomic E-state index is -0.262. The Morgan fingerprint density at radius 2 is 1.85 bits per heavy atom. The Bertz CT molecular complexity index is 1120. The molecule has 1 aromatic heterocycles. The number of amides is 2. The van der Waals surface area contributed by atoms with Gasteiger partial charge >= 0.3 is 0 Å². The number of likely N-dealkylation sites (tertiary alicyclic amines) is 1. The highest BCUT2D eigenvalue weighted by atomic mass is 16.2. The van der Waals surface area contributed by atoms with Gasteiger partial charge in [-0.2, -0.15) is 0 Å². The van der Waals surface area contributed by atoms with Crippen LogP contribution in [0.2, 0.25) is 0 Å². The van der Waals surface area contributed by atoms with Crippen LogP contribution in [0.1, 0.15) is 79.2 Å². The molecule has 2 fully saturated rings. The molecule has 7 heteroatoms. The van der Waals surface area contributed by atoms with Crippen LogP contribution in [0.15, 0.2) is 29.1 Å². The van der Waals surface area contributed by atoms with E-state index in [0.29, 0.717) is 43.1 Å². The van der Waals surface area contributed by atoms with Crippen molar-refractivity contribution in [2.24, 2.45) is 5.92 Å². The number of fused-ring (bicyclic) bond motifs is 1. The first-order chi connectivity index (χ1) is 15.9. The van der Waals surface area contributed by atoms with E-state index in [4.69, 9.17) is 4.98 Å². The van der Waals surface area contributed by atoms with Crippen LogP contribution in [0.25, 0.3) is 0 Å². The van der Waals surface area contributed by atoms with E-state index in [9.17, 15) is 14.4 Å². The summed E-state index contributed by atoms with van der Waals surface area (Å²) in [7, 11) is 0. The second kappa shape index (κ2) is 8.76.